The third-order valence-electron chi connectivity index (χ3n) is 2.15. The average molecular weight is 319 g/mol. The van der Waals surface area contributed by atoms with Gasteiger partial charge in [-0.3, -0.25) is 0 Å². The Kier molecular flexibility index (Phi) is 4.69. The number of aromatic nitrogens is 2. The van der Waals surface area contributed by atoms with Crippen molar-refractivity contribution in [2.45, 2.75) is 6.92 Å². The molecule has 4 nitrogen and oxygen atoms in total. The minimum absolute atomic E-state index is 0.233. The molecule has 0 bridgehead atoms. The molecule has 0 amide bonds. The Labute approximate surface area is 125 Å². The van der Waals surface area contributed by atoms with Crippen molar-refractivity contribution in [1.82, 2.24) is 9.97 Å². The van der Waals surface area contributed by atoms with Crippen LogP contribution in [-0.4, -0.2) is 16.5 Å². The third-order valence-corrected chi connectivity index (χ3v) is 2.94. The number of anilines is 1. The van der Waals surface area contributed by atoms with Crippen LogP contribution in [0.5, 0.6) is 11.6 Å². The third kappa shape index (κ3) is 3.62. The second-order valence-corrected chi connectivity index (χ2v) is 4.80. The number of hydrogen-bond donors (Lipinski definition) is 1. The highest BCUT2D eigenvalue weighted by atomic mass is 35.5. The summed E-state index contributed by atoms with van der Waals surface area (Å²) in [5.74, 6) is 1.10. The van der Waals surface area contributed by atoms with Crippen LogP contribution in [0, 0.1) is 0 Å². The molecule has 2 aromatic rings. The van der Waals surface area contributed by atoms with E-state index in [2.05, 4.69) is 15.3 Å². The Morgan fingerprint density at radius 3 is 2.68 bits per heavy atom. The van der Waals surface area contributed by atoms with Gasteiger partial charge in [-0.2, -0.15) is 4.98 Å². The zero-order chi connectivity index (χ0) is 13.8. The number of halogens is 3. The van der Waals surface area contributed by atoms with E-state index in [4.69, 9.17) is 39.5 Å². The Balaban J connectivity index is 2.29. The molecule has 0 saturated heterocycles. The SMILES string of the molecule is CCNc1ncc(Cl)c(Oc2ccc(Cl)cc2Cl)n1. The largest absolute Gasteiger partial charge is 0.436 e. The Hall–Kier alpha value is -1.23. The molecule has 0 spiro atoms. The number of hydrogen-bond acceptors (Lipinski definition) is 4. The predicted octanol–water partition coefficient (Wildman–Crippen LogP) is 4.66. The van der Waals surface area contributed by atoms with E-state index in [-0.39, 0.29) is 5.88 Å². The van der Waals surface area contributed by atoms with Crippen molar-refractivity contribution in [3.05, 3.63) is 39.5 Å². The zero-order valence-electron chi connectivity index (χ0n) is 9.95. The first-order valence-electron chi connectivity index (χ1n) is 5.49. The Morgan fingerprint density at radius 2 is 2.00 bits per heavy atom. The number of rotatable bonds is 4. The fraction of sp³-hybridized carbons (Fsp3) is 0.167. The van der Waals surface area contributed by atoms with E-state index >= 15 is 0 Å². The predicted molar refractivity (Wildman–Crippen MR) is 77.7 cm³/mol. The topological polar surface area (TPSA) is 47.0 Å². The van der Waals surface area contributed by atoms with Gasteiger partial charge in [0.1, 0.15) is 10.8 Å². The lowest BCUT2D eigenvalue weighted by Gasteiger charge is -2.09. The van der Waals surface area contributed by atoms with Gasteiger partial charge in [-0.15, -0.1) is 0 Å². The van der Waals surface area contributed by atoms with Crippen LogP contribution >= 0.6 is 34.8 Å². The van der Waals surface area contributed by atoms with Crippen molar-refractivity contribution in [3.63, 3.8) is 0 Å². The average Bonchev–Trinajstić information content (AvgIpc) is 2.37. The van der Waals surface area contributed by atoms with Crippen molar-refractivity contribution in [1.29, 1.82) is 0 Å². The fourth-order valence-corrected chi connectivity index (χ4v) is 1.91. The van der Waals surface area contributed by atoms with E-state index in [1.54, 1.807) is 18.2 Å². The molecule has 19 heavy (non-hydrogen) atoms. The maximum atomic E-state index is 6.02. The molecule has 0 aliphatic heterocycles. The van der Waals surface area contributed by atoms with E-state index in [9.17, 15) is 0 Å². The van der Waals surface area contributed by atoms with Crippen LogP contribution in [0.1, 0.15) is 6.92 Å². The van der Waals surface area contributed by atoms with Crippen LogP contribution in [-0.2, 0) is 0 Å². The van der Waals surface area contributed by atoms with E-state index in [0.29, 0.717) is 33.3 Å². The summed E-state index contributed by atoms with van der Waals surface area (Å²) in [5, 5.41) is 4.18. The number of benzene rings is 1. The highest BCUT2D eigenvalue weighted by Crippen LogP contribution is 2.33. The summed E-state index contributed by atoms with van der Waals surface area (Å²) in [6.45, 7) is 2.64. The fourth-order valence-electron chi connectivity index (χ4n) is 1.33. The van der Waals surface area contributed by atoms with Gasteiger partial charge in [-0.05, 0) is 25.1 Å². The maximum Gasteiger partial charge on any atom is 0.243 e. The lowest BCUT2D eigenvalue weighted by Crippen LogP contribution is -2.03. The molecule has 1 N–H and O–H groups in total. The molecule has 7 heteroatoms. The molecule has 1 aromatic heterocycles. The minimum Gasteiger partial charge on any atom is -0.436 e. The van der Waals surface area contributed by atoms with E-state index < -0.39 is 0 Å². The van der Waals surface area contributed by atoms with Crippen LogP contribution < -0.4 is 10.1 Å². The molecule has 1 heterocycles. The van der Waals surface area contributed by atoms with Gasteiger partial charge in [0.2, 0.25) is 11.8 Å². The molecule has 0 fully saturated rings. The van der Waals surface area contributed by atoms with Crippen molar-refractivity contribution < 1.29 is 4.74 Å². The van der Waals surface area contributed by atoms with Gasteiger partial charge in [-0.25, -0.2) is 4.98 Å². The zero-order valence-corrected chi connectivity index (χ0v) is 12.2. The van der Waals surface area contributed by atoms with Crippen molar-refractivity contribution in [2.75, 3.05) is 11.9 Å². The molecular formula is C12H10Cl3N3O. The van der Waals surface area contributed by atoms with Crippen LogP contribution in [0.4, 0.5) is 5.95 Å². The molecule has 2 rings (SSSR count). The van der Waals surface area contributed by atoms with Crippen LogP contribution in [0.15, 0.2) is 24.4 Å². The number of ether oxygens (including phenoxy) is 1. The Morgan fingerprint density at radius 1 is 1.21 bits per heavy atom. The van der Waals surface area contributed by atoms with Gasteiger partial charge in [0.05, 0.1) is 11.2 Å². The summed E-state index contributed by atoms with van der Waals surface area (Å²) in [6, 6.07) is 4.90. The summed E-state index contributed by atoms with van der Waals surface area (Å²) in [4.78, 5) is 8.17. The first-order chi connectivity index (χ1) is 9.10. The Bertz CT molecular complexity index is 592. The van der Waals surface area contributed by atoms with E-state index in [1.807, 2.05) is 6.92 Å². The molecule has 0 unspecified atom stereocenters. The van der Waals surface area contributed by atoms with Crippen molar-refractivity contribution in [2.24, 2.45) is 0 Å². The molecular weight excluding hydrogens is 309 g/mol. The summed E-state index contributed by atoms with van der Waals surface area (Å²) < 4.78 is 5.57. The lowest BCUT2D eigenvalue weighted by molar-refractivity contribution is 0.463. The summed E-state index contributed by atoms with van der Waals surface area (Å²) >= 11 is 17.8. The molecule has 1 aromatic carbocycles. The second kappa shape index (κ2) is 6.28. The van der Waals surface area contributed by atoms with Gasteiger partial charge >= 0.3 is 0 Å². The van der Waals surface area contributed by atoms with Gasteiger partial charge in [0, 0.05) is 11.6 Å². The number of nitrogens with one attached hydrogen (secondary N) is 1. The molecule has 100 valence electrons. The van der Waals surface area contributed by atoms with Gasteiger partial charge in [0.15, 0.2) is 0 Å². The number of nitrogens with zero attached hydrogens (tertiary/aromatic N) is 2. The first kappa shape index (κ1) is 14.2. The monoisotopic (exact) mass is 317 g/mol. The van der Waals surface area contributed by atoms with Gasteiger partial charge < -0.3 is 10.1 Å². The highest BCUT2D eigenvalue weighted by molar-refractivity contribution is 6.35. The van der Waals surface area contributed by atoms with Gasteiger partial charge in [-0.1, -0.05) is 34.8 Å². The minimum atomic E-state index is 0.233. The van der Waals surface area contributed by atoms with Crippen LogP contribution in [0.2, 0.25) is 15.1 Å². The summed E-state index contributed by atoms with van der Waals surface area (Å²) in [5.41, 5.74) is 0. The van der Waals surface area contributed by atoms with Crippen LogP contribution in [0.3, 0.4) is 0 Å². The highest BCUT2D eigenvalue weighted by Gasteiger charge is 2.10. The second-order valence-electron chi connectivity index (χ2n) is 3.55. The van der Waals surface area contributed by atoms with E-state index in [0.717, 1.165) is 0 Å². The van der Waals surface area contributed by atoms with E-state index in [1.165, 1.54) is 6.20 Å². The molecule has 0 radical (unpaired) electrons. The molecule has 0 atom stereocenters. The van der Waals surface area contributed by atoms with Crippen molar-refractivity contribution >= 4 is 40.8 Å². The molecule has 0 saturated carbocycles. The molecule has 0 aliphatic carbocycles. The lowest BCUT2D eigenvalue weighted by atomic mass is 10.3. The summed E-state index contributed by atoms with van der Waals surface area (Å²) in [6.07, 6.45) is 1.46. The normalized spacial score (nSPS) is 10.3. The maximum absolute atomic E-state index is 6.02. The molecule has 0 aliphatic rings. The smallest absolute Gasteiger partial charge is 0.243 e. The van der Waals surface area contributed by atoms with Crippen LogP contribution in [0.25, 0.3) is 0 Å². The standard InChI is InChI=1S/C12H10Cl3N3O/c1-2-16-12-17-6-9(15)11(18-12)19-10-4-3-7(13)5-8(10)14/h3-6H,2H2,1H3,(H,16,17,18). The quantitative estimate of drug-likeness (QED) is 0.890. The van der Waals surface area contributed by atoms with Crippen molar-refractivity contribution in [3.8, 4) is 11.6 Å². The summed E-state index contributed by atoms with van der Waals surface area (Å²) in [7, 11) is 0. The van der Waals surface area contributed by atoms with Gasteiger partial charge in [0.25, 0.3) is 0 Å². The first-order valence-corrected chi connectivity index (χ1v) is 6.63.